The second-order valence-corrected chi connectivity index (χ2v) is 35.3. The van der Waals surface area contributed by atoms with Crippen molar-refractivity contribution in [3.8, 4) is 17.2 Å². The van der Waals surface area contributed by atoms with Crippen molar-refractivity contribution in [3.63, 3.8) is 0 Å². The van der Waals surface area contributed by atoms with Crippen LogP contribution >= 0.6 is 34.4 Å². The van der Waals surface area contributed by atoms with Crippen LogP contribution in [0.1, 0.15) is 163 Å². The van der Waals surface area contributed by atoms with Gasteiger partial charge in [0, 0.05) is 79.2 Å². The maximum atomic E-state index is 14.2. The minimum atomic E-state index is -1.89. The highest BCUT2D eigenvalue weighted by Gasteiger charge is 2.40. The number of nitrogens with zero attached hydrogens (tertiary/aromatic N) is 3. The summed E-state index contributed by atoms with van der Waals surface area (Å²) < 4.78 is 17.5. The highest BCUT2D eigenvalue weighted by atomic mass is 127. The Labute approximate surface area is 862 Å². The summed E-state index contributed by atoms with van der Waals surface area (Å²) in [5, 5.41) is 106. The topological polar surface area (TPSA) is 990 Å². The lowest BCUT2D eigenvalue weighted by molar-refractivity contribution is -0.385. The van der Waals surface area contributed by atoms with Crippen LogP contribution in [0.5, 0.6) is 17.2 Å². The van der Waals surface area contributed by atoms with E-state index < -0.39 is 322 Å². The number of benzene rings is 4. The molecular weight excluding hydrogens is 2110 g/mol. The molecule has 149 heavy (non-hydrogen) atoms. The van der Waals surface area contributed by atoms with Crippen molar-refractivity contribution >= 4 is 182 Å². The van der Waals surface area contributed by atoms with E-state index in [2.05, 4.69) is 74.4 Å². The number of thioether (sulfide) groups is 1. The van der Waals surface area contributed by atoms with E-state index in [0.29, 0.717) is 42.8 Å². The van der Waals surface area contributed by atoms with Gasteiger partial charge in [-0.3, -0.25) is 136 Å². The number of nitrogens with two attached hydrogens (primary N) is 8. The molecule has 62 heteroatoms. The Morgan fingerprint density at radius 2 is 0.779 bits per heavy atom. The zero-order chi connectivity index (χ0) is 111. The number of hydrogen-bond acceptors (Lipinski definition) is 36. The average Bonchev–Trinajstić information content (AvgIpc) is 0.807. The molecule has 0 bridgehead atoms. The summed E-state index contributed by atoms with van der Waals surface area (Å²) in [5.41, 5.74) is 40.7. The van der Waals surface area contributed by atoms with E-state index >= 15 is 0 Å². The molecule has 0 saturated heterocycles. The van der Waals surface area contributed by atoms with Crippen molar-refractivity contribution < 1.29 is 155 Å². The number of aliphatic hydroxyl groups is 1. The number of aliphatic carboxylic acids is 3. The van der Waals surface area contributed by atoms with E-state index in [-0.39, 0.29) is 109 Å². The van der Waals surface area contributed by atoms with Gasteiger partial charge in [0.25, 0.3) is 40.7 Å². The van der Waals surface area contributed by atoms with E-state index in [0.717, 1.165) is 30.3 Å². The van der Waals surface area contributed by atoms with Crippen molar-refractivity contribution in [1.29, 1.82) is 0 Å². The lowest BCUT2D eigenvalue weighted by Crippen LogP contribution is -2.59. The third-order valence-electron chi connectivity index (χ3n) is 21.7. The molecule has 0 aromatic heterocycles. The number of carboxylic acids is 3. The second kappa shape index (κ2) is 61.9. The third-order valence-corrected chi connectivity index (χ3v) is 23.6. The van der Waals surface area contributed by atoms with Crippen molar-refractivity contribution in [2.24, 2.45) is 45.9 Å². The molecular formula is C87H116IN25O35S. The highest BCUT2D eigenvalue weighted by molar-refractivity contribution is 14.1. The number of nitro groups is 3. The Bertz CT molecular complexity index is 5450. The zero-order valence-electron chi connectivity index (χ0n) is 79.7. The van der Waals surface area contributed by atoms with Crippen molar-refractivity contribution in [2.75, 3.05) is 58.3 Å². The first kappa shape index (κ1) is 123. The monoisotopic (exact) mass is 2230 g/mol. The van der Waals surface area contributed by atoms with Gasteiger partial charge in [-0.15, -0.1) is 0 Å². The number of non-ortho nitro benzene ring substituents is 3. The first-order valence-electron chi connectivity index (χ1n) is 45.6. The van der Waals surface area contributed by atoms with E-state index in [4.69, 9.17) is 65.2 Å². The maximum Gasteiger partial charge on any atom is 0.303 e. The number of carboxylic acid groups (broad SMARTS) is 3. The molecule has 13 atom stereocenters. The standard InChI is InChI=1S/C46H62N14O20.C21H29IN6O8.C20H25N5O7S/c47-15-3-1-5-27-43(71)57-31(41(69)51-19-35(49)61)21-79-33-11-7-24(60(77)78)18-26(33)40(68)54-30(10-14-38(65)66)46(74)56-28(6-2-4-16-48)44(72)58-32(42(70)52-20-36(50)62)22-80-34-12-8-23(59(75)76)17-25(34)39(67)53-29(45(73)55-27)9-13-37(63)64;1-10(29)16-21(33)25-14(18(24)30)5-7-36-17-12(8-11(28(34)35)9-13(17)22)19(31)26-15(20(32)27-16)4-2-3-6-23;21-15(26)7-13-20(32)25-14(17(22)29)9-33-8-10-3-1-2-4-11(10)18(30)23-12(19(31)24-13)5-6-16(27)28/h7-8,11-12,17-18,27-32H,1-6,9-10,13-16,19-22,47-48H2,(H2,49,61)(H2,50,62)(H,51,69)(H,52,70)(H,53,67)(H,54,68)(H,55,73)(H,56,74)(H,57,71)(H,58,72)(H,63,64)(H,65,66);8-10,14-16,29H,2-7,23H2,1H3,(H2,24,30)(H,25,33)(H,26,31)(H,27,32);1-4,12-14H,5-9H2,(H2,21,26)(H2,22,29)(H,23,30)(H,24,31)(H,25,32)(H,27,28)/t27-,28-,29+,30+,31?,32?;10?,14?,15?,16-;/m10./s1. The number of halogens is 1. The van der Waals surface area contributed by atoms with Crippen molar-refractivity contribution in [1.82, 2.24) is 74.4 Å². The lowest BCUT2D eigenvalue weighted by Gasteiger charge is -2.27. The molecule has 8 unspecified atom stereocenters. The number of nitro benzene ring substituents is 3. The fraction of sp³-hybridized carbons (Fsp3) is 0.471. The number of aliphatic hydroxyl groups excluding tert-OH is 1. The molecule has 3 aliphatic rings. The number of unbranched alkanes of at least 4 members (excludes halogenated alkanes) is 3. The summed E-state index contributed by atoms with van der Waals surface area (Å²) in [5.74, 6) is -24.2. The van der Waals surface area contributed by atoms with Crippen LogP contribution in [0.2, 0.25) is 0 Å². The molecule has 0 saturated carbocycles. The Hall–Kier alpha value is -16.3. The molecule has 3 aliphatic heterocycles. The Balaban J connectivity index is 0.000000461. The van der Waals surface area contributed by atoms with Gasteiger partial charge in [-0.2, -0.15) is 11.8 Å². The summed E-state index contributed by atoms with van der Waals surface area (Å²) in [7, 11) is 0. The van der Waals surface area contributed by atoms with Gasteiger partial charge in [-0.1, -0.05) is 18.2 Å². The molecule has 7 rings (SSSR count). The fourth-order valence-electron chi connectivity index (χ4n) is 13.9. The van der Waals surface area contributed by atoms with Gasteiger partial charge in [0.1, 0.15) is 103 Å². The van der Waals surface area contributed by atoms with E-state index in [1.807, 2.05) is 0 Å². The van der Waals surface area contributed by atoms with Gasteiger partial charge in [0.2, 0.25) is 88.6 Å². The Kier molecular flexibility index (Phi) is 51.2. The molecule has 812 valence electrons. The van der Waals surface area contributed by atoms with Crippen LogP contribution in [-0.2, 0) is 92.1 Å². The summed E-state index contributed by atoms with van der Waals surface area (Å²) in [6.45, 7) is -1.99. The zero-order valence-corrected chi connectivity index (χ0v) is 82.7. The number of hydrogen-bond donors (Lipinski definition) is 26. The van der Waals surface area contributed by atoms with E-state index in [1.54, 1.807) is 46.9 Å². The molecule has 0 radical (unpaired) electrons. The van der Waals surface area contributed by atoms with Crippen LogP contribution < -0.4 is 135 Å². The molecule has 4 aromatic carbocycles. The summed E-state index contributed by atoms with van der Waals surface area (Å²) in [4.78, 5) is 316. The minimum Gasteiger partial charge on any atom is -0.492 e. The number of carbonyl (C=O) groups is 22. The Morgan fingerprint density at radius 1 is 0.423 bits per heavy atom. The Morgan fingerprint density at radius 3 is 1.17 bits per heavy atom. The summed E-state index contributed by atoms with van der Waals surface area (Å²) >= 11 is 3.01. The number of amides is 19. The molecule has 0 fully saturated rings. The quantitative estimate of drug-likeness (QED) is 0.00880. The summed E-state index contributed by atoms with van der Waals surface area (Å²) in [6, 6.07) is -4.87. The summed E-state index contributed by atoms with van der Waals surface area (Å²) in [6.07, 6.45) is -4.42. The van der Waals surface area contributed by atoms with Gasteiger partial charge < -0.3 is 155 Å². The first-order valence-corrected chi connectivity index (χ1v) is 47.8. The van der Waals surface area contributed by atoms with Crippen LogP contribution in [0.3, 0.4) is 0 Å². The first-order chi connectivity index (χ1) is 70.4. The number of primary amides is 5. The molecule has 0 spiro atoms. The number of rotatable bonds is 35. The predicted octanol–water partition coefficient (Wildman–Crippen LogP) is -7.43. The maximum absolute atomic E-state index is 14.2. The van der Waals surface area contributed by atoms with Gasteiger partial charge in [-0.25, -0.2) is 0 Å². The van der Waals surface area contributed by atoms with Gasteiger partial charge in [-0.05, 0) is 150 Å². The van der Waals surface area contributed by atoms with Gasteiger partial charge in [0.05, 0.1) is 67.3 Å². The van der Waals surface area contributed by atoms with Crippen LogP contribution in [0, 0.1) is 33.9 Å². The van der Waals surface area contributed by atoms with Crippen molar-refractivity contribution in [3.05, 3.63) is 135 Å². The van der Waals surface area contributed by atoms with Crippen LogP contribution in [-0.4, -0.2) is 302 Å². The number of nitrogens with one attached hydrogen (secondary N) is 14. The van der Waals surface area contributed by atoms with Crippen LogP contribution in [0.25, 0.3) is 0 Å². The number of carbonyl (C=O) groups excluding carboxylic acids is 19. The largest absolute Gasteiger partial charge is 0.492 e. The lowest BCUT2D eigenvalue weighted by atomic mass is 10.0. The second-order valence-electron chi connectivity index (χ2n) is 33.1. The molecule has 60 nitrogen and oxygen atoms in total. The minimum absolute atomic E-state index is 0.00767. The normalized spacial score (nSPS) is 20.8. The molecule has 19 amide bonds. The molecule has 0 aliphatic carbocycles. The number of ether oxygens (including phenoxy) is 3. The van der Waals surface area contributed by atoms with Crippen LogP contribution in [0.15, 0.2) is 72.8 Å². The van der Waals surface area contributed by atoms with Gasteiger partial charge in [0.15, 0.2) is 0 Å². The van der Waals surface area contributed by atoms with Crippen LogP contribution in [0.4, 0.5) is 17.1 Å². The average molecular weight is 2230 g/mol. The fourth-order valence-corrected chi connectivity index (χ4v) is 15.7. The SMILES string of the molecule is CC(O)[C@@H]1NC(=O)C(CCCCN)NC(=O)c2cc([N+](=O)[O-])cc(I)c2OCCC(C(N)=O)NC1=O.NC(=O)CC1NC(=O)C(CCC(=O)O)NC(=O)c2ccccc2CSCC(C(N)=O)NC1=O.NCCCC[C@H]1NC(=O)[C@H](CCC(=O)O)NC(=O)c2cc([N+](=O)[O-])ccc2OCC(C(=O)NCC(N)=O)NC(=O)[C@@H](CCCCN)NC(=O)[C@H](CCC(=O)O)NC(=O)c2cc([N+](=O)[O-])ccc2OCC(C(=O)NCC(N)=O)NC1=O. The van der Waals surface area contributed by atoms with Crippen molar-refractivity contribution in [2.45, 2.75) is 200 Å². The predicted molar refractivity (Wildman–Crippen MR) is 524 cm³/mol. The molecule has 34 N–H and O–H groups in total. The molecule has 3 heterocycles. The number of fused-ring (bicyclic) bond motifs is 4. The smallest absolute Gasteiger partial charge is 0.303 e. The van der Waals surface area contributed by atoms with E-state index in [1.165, 1.54) is 24.8 Å². The van der Waals surface area contributed by atoms with Gasteiger partial charge >= 0.3 is 17.9 Å². The third kappa shape index (κ3) is 41.7. The highest BCUT2D eigenvalue weighted by Crippen LogP contribution is 2.33. The van der Waals surface area contributed by atoms with E-state index in [9.17, 15) is 151 Å². The molecule has 4 aromatic rings.